The lowest BCUT2D eigenvalue weighted by Crippen LogP contribution is -2.19. The molecule has 0 aromatic rings. The van der Waals surface area contributed by atoms with Crippen molar-refractivity contribution in [2.24, 2.45) is 5.41 Å². The predicted molar refractivity (Wildman–Crippen MR) is 176 cm³/mol. The molecule has 40 heavy (non-hydrogen) atoms. The maximum atomic E-state index is 12.1. The summed E-state index contributed by atoms with van der Waals surface area (Å²) in [6, 6.07) is 0. The lowest BCUT2D eigenvalue weighted by Gasteiger charge is -2.32. The van der Waals surface area contributed by atoms with Crippen LogP contribution in [-0.4, -0.2) is 12.6 Å². The van der Waals surface area contributed by atoms with Crippen LogP contribution in [0.4, 0.5) is 0 Å². The van der Waals surface area contributed by atoms with Crippen LogP contribution in [0.15, 0.2) is 83.1 Å². The maximum absolute atomic E-state index is 12.1. The molecule has 1 aliphatic rings. The first-order valence-corrected chi connectivity index (χ1v) is 15.6. The monoisotopic (exact) mass is 553 g/mol. The van der Waals surface area contributed by atoms with Gasteiger partial charge in [-0.2, -0.15) is 0 Å². The van der Waals surface area contributed by atoms with E-state index in [2.05, 4.69) is 31.2 Å². The summed E-state index contributed by atoms with van der Waals surface area (Å²) in [5.41, 5.74) is 1.97. The Bertz CT molecular complexity index is 1100. The molecule has 0 saturated carbocycles. The predicted octanol–water partition coefficient (Wildman–Crippen LogP) is 11.9. The van der Waals surface area contributed by atoms with E-state index in [0.29, 0.717) is 18.4 Å². The van der Waals surface area contributed by atoms with Crippen LogP contribution in [0, 0.1) is 5.41 Å². The largest absolute Gasteiger partial charge is 0.461 e. The van der Waals surface area contributed by atoms with Crippen molar-refractivity contribution in [3.05, 3.63) is 83.1 Å². The molecule has 0 amide bonds. The highest BCUT2D eigenvalue weighted by atomic mass is 16.5. The first-order chi connectivity index (χ1) is 21.2. The van der Waals surface area contributed by atoms with Gasteiger partial charge in [0.1, 0.15) is 6.61 Å². The van der Waals surface area contributed by atoms with Gasteiger partial charge in [-0.15, -0.1) is 0 Å². The quantitative estimate of drug-likeness (QED) is 0.0648. The Morgan fingerprint density at radius 1 is 0.950 bits per heavy atom. The fraction of sp³-hybridized carbons (Fsp3) is 0.605. The molecular weight excluding hydrogens is 488 g/mol. The van der Waals surface area contributed by atoms with Gasteiger partial charge in [0.05, 0.1) is 0 Å². The van der Waals surface area contributed by atoms with Crippen LogP contribution in [0.1, 0.15) is 145 Å². The van der Waals surface area contributed by atoms with Crippen molar-refractivity contribution in [1.29, 1.82) is 0 Å². The van der Waals surface area contributed by atoms with Gasteiger partial charge in [-0.25, -0.2) is 0 Å². The van der Waals surface area contributed by atoms with Crippen molar-refractivity contribution >= 4 is 5.97 Å². The number of hydrogen-bond acceptors (Lipinski definition) is 2. The number of esters is 1. The van der Waals surface area contributed by atoms with Gasteiger partial charge in [0.25, 0.3) is 0 Å². The Morgan fingerprint density at radius 3 is 2.38 bits per heavy atom. The number of unbranched alkanes of at least 4 members (excludes halogenated alkanes) is 8. The number of carbonyl (C=O) groups excluding carboxylic acids is 1. The minimum absolute atomic E-state index is 0.0744. The molecule has 0 aromatic carbocycles. The lowest BCUT2D eigenvalue weighted by molar-refractivity contribution is -0.142. The highest BCUT2D eigenvalue weighted by molar-refractivity contribution is 5.69. The van der Waals surface area contributed by atoms with Crippen molar-refractivity contribution in [1.82, 2.24) is 0 Å². The molecule has 224 valence electrons. The van der Waals surface area contributed by atoms with Crippen molar-refractivity contribution in [2.75, 3.05) is 6.61 Å². The SMILES string of the molecule is [2H]C([2H])([2H])C1=C(/C=C/C(C)=C\C=C\C(C)=C\COC(=O)CCCCCCC/C=C\C/C=C\CCCCC)C(C)(C)CCC1([2H])[2H]. The molecule has 0 spiro atoms. The number of hydrogen-bond donors (Lipinski definition) is 0. The van der Waals surface area contributed by atoms with Gasteiger partial charge >= 0.3 is 5.97 Å². The van der Waals surface area contributed by atoms with Gasteiger partial charge in [-0.1, -0.05) is 124 Å². The highest BCUT2D eigenvalue weighted by Crippen LogP contribution is 2.40. The van der Waals surface area contributed by atoms with Crippen LogP contribution < -0.4 is 0 Å². The first-order valence-electron chi connectivity index (χ1n) is 18.1. The van der Waals surface area contributed by atoms with E-state index >= 15 is 0 Å². The van der Waals surface area contributed by atoms with Crippen LogP contribution >= 0.6 is 0 Å². The van der Waals surface area contributed by atoms with Crippen molar-refractivity contribution in [2.45, 2.75) is 138 Å². The second kappa shape index (κ2) is 22.4. The smallest absolute Gasteiger partial charge is 0.306 e. The molecule has 0 unspecified atom stereocenters. The Morgan fingerprint density at radius 2 is 1.65 bits per heavy atom. The van der Waals surface area contributed by atoms with Crippen LogP contribution in [0.2, 0.25) is 0 Å². The highest BCUT2D eigenvalue weighted by Gasteiger charge is 2.26. The summed E-state index contributed by atoms with van der Waals surface area (Å²) >= 11 is 0. The molecule has 0 radical (unpaired) electrons. The molecule has 0 heterocycles. The van der Waals surface area contributed by atoms with Crippen molar-refractivity contribution in [3.8, 4) is 0 Å². The molecule has 0 atom stereocenters. The zero-order valence-electron chi connectivity index (χ0n) is 31.2. The molecule has 2 nitrogen and oxygen atoms in total. The second-order valence-corrected chi connectivity index (χ2v) is 11.6. The molecule has 1 rings (SSSR count). The second-order valence-electron chi connectivity index (χ2n) is 11.6. The fourth-order valence-electron chi connectivity index (χ4n) is 4.49. The summed E-state index contributed by atoms with van der Waals surface area (Å²) in [5.74, 6) is -0.157. The molecule has 0 aromatic heterocycles. The van der Waals surface area contributed by atoms with E-state index in [-0.39, 0.29) is 24.6 Å². The summed E-state index contributed by atoms with van der Waals surface area (Å²) in [4.78, 5) is 12.1. The Balaban J connectivity index is 2.35. The summed E-state index contributed by atoms with van der Waals surface area (Å²) < 4.78 is 45.9. The average Bonchev–Trinajstić information content (AvgIpc) is 2.95. The molecule has 0 aliphatic heterocycles. The van der Waals surface area contributed by atoms with Crippen LogP contribution in [0.5, 0.6) is 0 Å². The average molecular weight is 554 g/mol. The Labute approximate surface area is 255 Å². The van der Waals surface area contributed by atoms with Gasteiger partial charge in [0.15, 0.2) is 0 Å². The van der Waals surface area contributed by atoms with Gasteiger partial charge in [-0.3, -0.25) is 4.79 Å². The van der Waals surface area contributed by atoms with Gasteiger partial charge in [0, 0.05) is 13.3 Å². The zero-order valence-corrected chi connectivity index (χ0v) is 26.2. The van der Waals surface area contributed by atoms with E-state index < -0.39 is 18.6 Å². The van der Waals surface area contributed by atoms with E-state index in [1.54, 1.807) is 6.08 Å². The summed E-state index contributed by atoms with van der Waals surface area (Å²) in [6.07, 6.45) is 32.5. The Hall–Kier alpha value is -2.35. The van der Waals surface area contributed by atoms with Crippen molar-refractivity contribution < 1.29 is 16.4 Å². The molecule has 0 N–H and O–H groups in total. The van der Waals surface area contributed by atoms with E-state index in [9.17, 15) is 4.79 Å². The van der Waals surface area contributed by atoms with E-state index in [1.165, 1.54) is 38.5 Å². The van der Waals surface area contributed by atoms with Crippen molar-refractivity contribution in [3.63, 3.8) is 0 Å². The van der Waals surface area contributed by atoms with Crippen LogP contribution in [0.25, 0.3) is 0 Å². The van der Waals surface area contributed by atoms with Gasteiger partial charge < -0.3 is 4.74 Å². The summed E-state index contributed by atoms with van der Waals surface area (Å²) in [7, 11) is 0. The third-order valence-electron chi connectivity index (χ3n) is 7.26. The molecule has 1 aliphatic carbocycles. The number of ether oxygens (including phenoxy) is 1. The number of allylic oxidation sites excluding steroid dienone is 13. The summed E-state index contributed by atoms with van der Waals surface area (Å²) in [6.45, 7) is 7.83. The minimum atomic E-state index is -2.48. The molecular formula is C38H60O2. The lowest BCUT2D eigenvalue weighted by atomic mass is 9.72. The molecule has 0 saturated heterocycles. The topological polar surface area (TPSA) is 26.3 Å². The number of rotatable bonds is 20. The maximum Gasteiger partial charge on any atom is 0.306 e. The zero-order chi connectivity index (χ0) is 33.8. The van der Waals surface area contributed by atoms with E-state index in [1.807, 2.05) is 58.1 Å². The van der Waals surface area contributed by atoms with E-state index in [4.69, 9.17) is 11.6 Å². The molecule has 2 heteroatoms. The third kappa shape index (κ3) is 18.1. The minimum Gasteiger partial charge on any atom is -0.461 e. The van der Waals surface area contributed by atoms with Gasteiger partial charge in [0.2, 0.25) is 0 Å². The van der Waals surface area contributed by atoms with Gasteiger partial charge in [-0.05, 0) is 95.5 Å². The van der Waals surface area contributed by atoms with Crippen LogP contribution in [-0.2, 0) is 9.53 Å². The van der Waals surface area contributed by atoms with Crippen LogP contribution in [0.3, 0.4) is 0 Å². The number of carbonyl (C=O) groups is 1. The fourth-order valence-corrected chi connectivity index (χ4v) is 4.49. The Kier molecular flexibility index (Phi) is 15.5. The molecule has 0 bridgehead atoms. The normalized spacial score (nSPS) is 20.3. The first kappa shape index (κ1) is 27.8. The standard InChI is InChI=1S/C38H60O2/c1-7-8-9-10-11-12-13-14-15-16-17-18-19-20-21-27-37(39)40-32-30-34(3)25-22-24-33(2)28-29-36-35(4)26-23-31-38(36,5)6/h11-12,14-15,22,24-25,28-30H,7-10,13,16-21,23,26-27,31-32H2,1-6H3/b12-11-,15-14-,25-22+,29-28+,33-24-,34-30+/i4D3,26D2. The third-order valence-corrected chi connectivity index (χ3v) is 7.26. The van der Waals surface area contributed by atoms with E-state index in [0.717, 1.165) is 43.3 Å². The summed E-state index contributed by atoms with van der Waals surface area (Å²) in [5, 5.41) is 0. The molecule has 0 fully saturated rings.